The lowest BCUT2D eigenvalue weighted by molar-refractivity contribution is 0.0489. The topological polar surface area (TPSA) is 78.2 Å². The van der Waals surface area contributed by atoms with E-state index in [1.807, 2.05) is 39.8 Å². The summed E-state index contributed by atoms with van der Waals surface area (Å²) in [4.78, 5) is 18.3. The van der Waals surface area contributed by atoms with Gasteiger partial charge in [-0.3, -0.25) is 0 Å². The minimum absolute atomic E-state index is 0.0361. The van der Waals surface area contributed by atoms with Crippen LogP contribution in [0.3, 0.4) is 0 Å². The maximum atomic E-state index is 11.9. The maximum Gasteiger partial charge on any atom is 0.407 e. The first kappa shape index (κ1) is 18.1. The highest BCUT2D eigenvalue weighted by Gasteiger charge is 2.27. The van der Waals surface area contributed by atoms with E-state index in [2.05, 4.69) is 15.2 Å². The van der Waals surface area contributed by atoms with Gasteiger partial charge < -0.3 is 15.0 Å². The average Bonchev–Trinajstić information content (AvgIpc) is 2.53. The molecule has 1 aromatic rings. The molecule has 1 saturated heterocycles. The van der Waals surface area contributed by atoms with Gasteiger partial charge in [0.15, 0.2) is 0 Å². The highest BCUT2D eigenvalue weighted by Crippen LogP contribution is 2.25. The number of ether oxygens (including phenoxy) is 1. The number of aromatic nitrogens is 1. The average molecular weight is 330 g/mol. The Balaban J connectivity index is 1.94. The Morgan fingerprint density at radius 3 is 2.83 bits per heavy atom. The van der Waals surface area contributed by atoms with E-state index in [4.69, 9.17) is 10.00 Å². The van der Waals surface area contributed by atoms with Crippen molar-refractivity contribution in [3.63, 3.8) is 0 Å². The van der Waals surface area contributed by atoms with Gasteiger partial charge in [0.25, 0.3) is 0 Å². The second-order valence-corrected chi connectivity index (χ2v) is 7.30. The number of nitrogens with zero attached hydrogens (tertiary/aromatic N) is 3. The van der Waals surface area contributed by atoms with Gasteiger partial charge in [-0.15, -0.1) is 0 Å². The number of hydrogen-bond donors (Lipinski definition) is 1. The number of nitrogens with one attached hydrogen (secondary N) is 1. The molecule has 0 spiro atoms. The van der Waals surface area contributed by atoms with Crippen LogP contribution in [0.25, 0.3) is 0 Å². The Bertz CT molecular complexity index is 601. The summed E-state index contributed by atoms with van der Waals surface area (Å²) in [5, 5.41) is 11.8. The fraction of sp³-hybridized carbons (Fsp3) is 0.611. The number of carbonyl (C=O) groups is 1. The van der Waals surface area contributed by atoms with E-state index >= 15 is 0 Å². The number of rotatable bonds is 3. The lowest BCUT2D eigenvalue weighted by atomic mass is 9.91. The second kappa shape index (κ2) is 7.52. The van der Waals surface area contributed by atoms with E-state index in [1.54, 1.807) is 12.3 Å². The van der Waals surface area contributed by atoms with Crippen LogP contribution in [0.4, 0.5) is 10.5 Å². The van der Waals surface area contributed by atoms with Gasteiger partial charge in [-0.25, -0.2) is 9.78 Å². The van der Waals surface area contributed by atoms with E-state index in [-0.39, 0.29) is 12.1 Å². The minimum atomic E-state index is -0.490. The Morgan fingerprint density at radius 1 is 1.50 bits per heavy atom. The first-order valence-corrected chi connectivity index (χ1v) is 8.39. The molecule has 0 bridgehead atoms. The molecule has 1 aliphatic heterocycles. The number of nitriles is 1. The van der Waals surface area contributed by atoms with Crippen molar-refractivity contribution in [2.45, 2.75) is 52.2 Å². The van der Waals surface area contributed by atoms with E-state index in [0.29, 0.717) is 11.6 Å². The summed E-state index contributed by atoms with van der Waals surface area (Å²) in [6.45, 7) is 9.41. The van der Waals surface area contributed by atoms with Crippen LogP contribution < -0.4 is 10.2 Å². The van der Waals surface area contributed by atoms with Gasteiger partial charge in [0.2, 0.25) is 0 Å². The molecule has 1 amide bonds. The molecule has 1 aliphatic rings. The van der Waals surface area contributed by atoms with Gasteiger partial charge in [0.05, 0.1) is 11.9 Å². The molecule has 0 saturated carbocycles. The number of amides is 1. The van der Waals surface area contributed by atoms with Crippen LogP contribution in [0.5, 0.6) is 0 Å². The van der Waals surface area contributed by atoms with E-state index < -0.39 is 5.60 Å². The van der Waals surface area contributed by atoms with Crippen molar-refractivity contribution in [1.82, 2.24) is 10.3 Å². The second-order valence-electron chi connectivity index (χ2n) is 7.30. The first-order chi connectivity index (χ1) is 11.3. The molecule has 2 heterocycles. The van der Waals surface area contributed by atoms with Gasteiger partial charge in [-0.2, -0.15) is 5.26 Å². The molecule has 0 aromatic carbocycles. The van der Waals surface area contributed by atoms with Crippen molar-refractivity contribution >= 4 is 11.8 Å². The summed E-state index contributed by atoms with van der Waals surface area (Å²) in [5.74, 6) is 0.349. The number of hydrogen-bond acceptors (Lipinski definition) is 5. The molecule has 1 fully saturated rings. The Hall–Kier alpha value is -2.29. The van der Waals surface area contributed by atoms with Crippen molar-refractivity contribution in [3.8, 4) is 6.07 Å². The SMILES string of the molecule is C[C@H](NC(=O)OC(C)(C)C)[C@H]1CCCN(c2ccc(C#N)nc2)C1. The van der Waals surface area contributed by atoms with Gasteiger partial charge in [-0.1, -0.05) is 0 Å². The molecule has 1 aromatic heterocycles. The van der Waals surface area contributed by atoms with Gasteiger partial charge in [0, 0.05) is 19.1 Å². The predicted molar refractivity (Wildman–Crippen MR) is 92.7 cm³/mol. The zero-order chi connectivity index (χ0) is 17.7. The third-order valence-corrected chi connectivity index (χ3v) is 4.14. The molecule has 6 heteroatoms. The molecule has 0 aliphatic carbocycles. The number of anilines is 1. The number of alkyl carbamates (subject to hydrolysis) is 1. The molecular formula is C18H26N4O2. The summed E-state index contributed by atoms with van der Waals surface area (Å²) in [7, 11) is 0. The van der Waals surface area contributed by atoms with Gasteiger partial charge >= 0.3 is 6.09 Å². The molecule has 24 heavy (non-hydrogen) atoms. The van der Waals surface area contributed by atoms with Crippen molar-refractivity contribution < 1.29 is 9.53 Å². The number of pyridine rings is 1. The fourth-order valence-corrected chi connectivity index (χ4v) is 2.90. The van der Waals surface area contributed by atoms with Crippen LogP contribution in [0.2, 0.25) is 0 Å². The number of piperidine rings is 1. The molecule has 1 N–H and O–H groups in total. The molecule has 2 rings (SSSR count). The standard InChI is InChI=1S/C18H26N4O2/c1-13(21-17(23)24-18(2,3)4)14-6-5-9-22(12-14)16-8-7-15(10-19)20-11-16/h7-8,11,13-14H,5-6,9,12H2,1-4H3,(H,21,23)/t13-,14-/m0/s1. The molecule has 6 nitrogen and oxygen atoms in total. The van der Waals surface area contributed by atoms with Crippen LogP contribution in [-0.4, -0.2) is 35.8 Å². The molecule has 2 atom stereocenters. The van der Waals surface area contributed by atoms with E-state index in [0.717, 1.165) is 31.6 Å². The largest absolute Gasteiger partial charge is 0.444 e. The third kappa shape index (κ3) is 5.12. The Morgan fingerprint density at radius 2 is 2.25 bits per heavy atom. The van der Waals surface area contributed by atoms with Crippen LogP contribution in [0, 0.1) is 17.2 Å². The van der Waals surface area contributed by atoms with Crippen LogP contribution in [0.15, 0.2) is 18.3 Å². The fourth-order valence-electron chi connectivity index (χ4n) is 2.90. The number of carbonyl (C=O) groups excluding carboxylic acids is 1. The summed E-state index contributed by atoms with van der Waals surface area (Å²) in [5.41, 5.74) is 0.951. The highest BCUT2D eigenvalue weighted by molar-refractivity contribution is 5.68. The predicted octanol–water partition coefficient (Wildman–Crippen LogP) is 3.08. The quantitative estimate of drug-likeness (QED) is 0.921. The highest BCUT2D eigenvalue weighted by atomic mass is 16.6. The van der Waals surface area contributed by atoms with Crippen molar-refractivity contribution in [3.05, 3.63) is 24.0 Å². The Kier molecular flexibility index (Phi) is 5.66. The molecule has 130 valence electrons. The van der Waals surface area contributed by atoms with E-state index in [1.165, 1.54) is 0 Å². The summed E-state index contributed by atoms with van der Waals surface area (Å²) in [6.07, 6.45) is 3.50. The normalized spacial score (nSPS) is 19.3. The van der Waals surface area contributed by atoms with Crippen LogP contribution >= 0.6 is 0 Å². The summed E-state index contributed by atoms with van der Waals surface area (Å²) < 4.78 is 5.33. The van der Waals surface area contributed by atoms with Crippen molar-refractivity contribution in [1.29, 1.82) is 5.26 Å². The molecular weight excluding hydrogens is 304 g/mol. The van der Waals surface area contributed by atoms with Crippen LogP contribution in [0.1, 0.15) is 46.2 Å². The van der Waals surface area contributed by atoms with Crippen molar-refractivity contribution in [2.75, 3.05) is 18.0 Å². The van der Waals surface area contributed by atoms with Crippen LogP contribution in [-0.2, 0) is 4.74 Å². The molecule has 0 unspecified atom stereocenters. The third-order valence-electron chi connectivity index (χ3n) is 4.14. The monoisotopic (exact) mass is 330 g/mol. The zero-order valence-corrected chi connectivity index (χ0v) is 14.9. The summed E-state index contributed by atoms with van der Waals surface area (Å²) in [6, 6.07) is 5.74. The van der Waals surface area contributed by atoms with E-state index in [9.17, 15) is 4.79 Å². The lowest BCUT2D eigenvalue weighted by Crippen LogP contribution is -2.47. The van der Waals surface area contributed by atoms with Crippen molar-refractivity contribution in [2.24, 2.45) is 5.92 Å². The minimum Gasteiger partial charge on any atom is -0.444 e. The Labute approximate surface area is 143 Å². The van der Waals surface area contributed by atoms with Gasteiger partial charge in [0.1, 0.15) is 17.4 Å². The molecule has 0 radical (unpaired) electrons. The van der Waals surface area contributed by atoms with Gasteiger partial charge in [-0.05, 0) is 58.6 Å². The lowest BCUT2D eigenvalue weighted by Gasteiger charge is -2.37. The smallest absolute Gasteiger partial charge is 0.407 e. The summed E-state index contributed by atoms with van der Waals surface area (Å²) >= 11 is 0. The zero-order valence-electron chi connectivity index (χ0n) is 14.9. The maximum absolute atomic E-state index is 11.9. The first-order valence-electron chi connectivity index (χ1n) is 8.39.